The number of nitrogens with zero attached hydrogens (tertiary/aromatic N) is 3. The number of aryl methyl sites for hydroxylation is 1. The molecule has 150 valence electrons. The van der Waals surface area contributed by atoms with Gasteiger partial charge in [0.15, 0.2) is 0 Å². The third-order valence-corrected chi connectivity index (χ3v) is 5.11. The number of anilines is 1. The minimum absolute atomic E-state index is 0.0427. The highest BCUT2D eigenvalue weighted by atomic mass is 16.6. The van der Waals surface area contributed by atoms with Crippen LogP contribution in [0.25, 0.3) is 10.8 Å². The average Bonchev–Trinajstić information content (AvgIpc) is 3.02. The molecule has 0 saturated carbocycles. The van der Waals surface area contributed by atoms with Crippen LogP contribution in [0.3, 0.4) is 0 Å². The van der Waals surface area contributed by atoms with Gasteiger partial charge in [0.25, 0.3) is 5.91 Å². The van der Waals surface area contributed by atoms with Gasteiger partial charge >= 0.3 is 5.69 Å². The number of fused-ring (bicyclic) bond motifs is 1. The van der Waals surface area contributed by atoms with E-state index < -0.39 is 4.92 Å². The highest BCUT2D eigenvalue weighted by Gasteiger charge is 2.21. The summed E-state index contributed by atoms with van der Waals surface area (Å²) in [5, 5.41) is 20.4. The molecule has 0 unspecified atom stereocenters. The smallest absolute Gasteiger partial charge is 0.312 e. The second kappa shape index (κ2) is 7.79. The Bertz CT molecular complexity index is 1250. The van der Waals surface area contributed by atoms with Crippen molar-refractivity contribution < 1.29 is 9.72 Å². The summed E-state index contributed by atoms with van der Waals surface area (Å²) in [5.41, 5.74) is 3.14. The van der Waals surface area contributed by atoms with Crippen LogP contribution in [0.5, 0.6) is 0 Å². The summed E-state index contributed by atoms with van der Waals surface area (Å²) in [6.07, 6.45) is 0. The van der Waals surface area contributed by atoms with Gasteiger partial charge in [-0.05, 0) is 43.0 Å². The predicted molar refractivity (Wildman–Crippen MR) is 116 cm³/mol. The van der Waals surface area contributed by atoms with Crippen molar-refractivity contribution >= 4 is 28.1 Å². The molecule has 1 heterocycles. The molecule has 0 saturated heterocycles. The zero-order valence-corrected chi connectivity index (χ0v) is 16.6. The van der Waals surface area contributed by atoms with Gasteiger partial charge in [-0.15, -0.1) is 0 Å². The van der Waals surface area contributed by atoms with Crippen molar-refractivity contribution in [2.45, 2.75) is 20.4 Å². The summed E-state index contributed by atoms with van der Waals surface area (Å²) < 4.78 is 1.61. The van der Waals surface area contributed by atoms with Crippen LogP contribution >= 0.6 is 0 Å². The maximum atomic E-state index is 12.7. The molecule has 0 atom stereocenters. The van der Waals surface area contributed by atoms with Crippen molar-refractivity contribution in [3.63, 3.8) is 0 Å². The Morgan fingerprint density at radius 1 is 1.03 bits per heavy atom. The molecule has 7 heteroatoms. The number of benzene rings is 3. The van der Waals surface area contributed by atoms with Crippen LogP contribution in [-0.2, 0) is 6.54 Å². The number of rotatable bonds is 5. The second-order valence-corrected chi connectivity index (χ2v) is 7.11. The minimum Gasteiger partial charge on any atom is -0.321 e. The van der Waals surface area contributed by atoms with E-state index in [0.29, 0.717) is 23.5 Å². The Kier molecular flexibility index (Phi) is 5.02. The van der Waals surface area contributed by atoms with E-state index in [1.807, 2.05) is 54.6 Å². The SMILES string of the molecule is Cc1nn(Cc2ccc(C(=O)Nc3cccc4ccccc34)cc2)c(C)c1[N+](=O)[O-]. The van der Waals surface area contributed by atoms with Gasteiger partial charge < -0.3 is 5.32 Å². The van der Waals surface area contributed by atoms with E-state index >= 15 is 0 Å². The normalized spacial score (nSPS) is 10.9. The van der Waals surface area contributed by atoms with Gasteiger partial charge in [0.1, 0.15) is 11.4 Å². The second-order valence-electron chi connectivity index (χ2n) is 7.11. The summed E-state index contributed by atoms with van der Waals surface area (Å²) in [6, 6.07) is 20.8. The van der Waals surface area contributed by atoms with Gasteiger partial charge in [0, 0.05) is 16.6 Å². The van der Waals surface area contributed by atoms with Gasteiger partial charge in [-0.25, -0.2) is 0 Å². The molecule has 0 fully saturated rings. The Morgan fingerprint density at radius 2 is 1.73 bits per heavy atom. The number of nitrogens with one attached hydrogen (secondary N) is 1. The zero-order valence-electron chi connectivity index (χ0n) is 16.6. The quantitative estimate of drug-likeness (QED) is 0.383. The lowest BCUT2D eigenvalue weighted by atomic mass is 10.1. The van der Waals surface area contributed by atoms with Crippen molar-refractivity contribution in [2.75, 3.05) is 5.32 Å². The fourth-order valence-corrected chi connectivity index (χ4v) is 3.57. The average molecular weight is 400 g/mol. The number of carbonyl (C=O) groups excluding carboxylic acids is 1. The molecule has 7 nitrogen and oxygen atoms in total. The Labute approximate surface area is 173 Å². The fraction of sp³-hybridized carbons (Fsp3) is 0.130. The Hall–Kier alpha value is -4.00. The lowest BCUT2D eigenvalue weighted by molar-refractivity contribution is -0.386. The van der Waals surface area contributed by atoms with Crippen LogP contribution in [0, 0.1) is 24.0 Å². The molecule has 1 aromatic heterocycles. The third-order valence-electron chi connectivity index (χ3n) is 5.11. The molecule has 0 radical (unpaired) electrons. The molecule has 0 aliphatic carbocycles. The lowest BCUT2D eigenvalue weighted by Crippen LogP contribution is -2.12. The number of aromatic nitrogens is 2. The summed E-state index contributed by atoms with van der Waals surface area (Å²) in [5.74, 6) is -0.195. The van der Waals surface area contributed by atoms with E-state index in [0.717, 1.165) is 22.0 Å². The molecular weight excluding hydrogens is 380 g/mol. The third kappa shape index (κ3) is 3.65. The first-order chi connectivity index (χ1) is 14.4. The molecule has 0 spiro atoms. The number of hydrogen-bond donors (Lipinski definition) is 1. The van der Waals surface area contributed by atoms with E-state index in [1.165, 1.54) is 0 Å². The van der Waals surface area contributed by atoms with E-state index in [1.54, 1.807) is 30.7 Å². The fourth-order valence-electron chi connectivity index (χ4n) is 3.57. The molecule has 4 rings (SSSR count). The van der Waals surface area contributed by atoms with Gasteiger partial charge in [0.05, 0.1) is 11.5 Å². The number of amides is 1. The summed E-state index contributed by atoms with van der Waals surface area (Å²) >= 11 is 0. The summed E-state index contributed by atoms with van der Waals surface area (Å²) in [4.78, 5) is 23.5. The monoisotopic (exact) mass is 400 g/mol. The van der Waals surface area contributed by atoms with Crippen molar-refractivity contribution in [1.82, 2.24) is 9.78 Å². The van der Waals surface area contributed by atoms with Crippen LogP contribution < -0.4 is 5.32 Å². The molecule has 4 aromatic rings. The largest absolute Gasteiger partial charge is 0.321 e. The van der Waals surface area contributed by atoms with E-state index in [9.17, 15) is 14.9 Å². The molecule has 0 aliphatic heterocycles. The number of carbonyl (C=O) groups is 1. The minimum atomic E-state index is -0.408. The maximum absolute atomic E-state index is 12.7. The molecular formula is C23H20N4O3. The van der Waals surface area contributed by atoms with Crippen LogP contribution in [0.4, 0.5) is 11.4 Å². The molecule has 3 aromatic carbocycles. The molecule has 1 amide bonds. The maximum Gasteiger partial charge on any atom is 0.312 e. The Balaban J connectivity index is 1.52. The van der Waals surface area contributed by atoms with Crippen LogP contribution in [0.15, 0.2) is 66.7 Å². The highest BCUT2D eigenvalue weighted by Crippen LogP contribution is 2.24. The molecule has 1 N–H and O–H groups in total. The highest BCUT2D eigenvalue weighted by molar-refractivity contribution is 6.09. The summed E-state index contributed by atoms with van der Waals surface area (Å²) in [6.45, 7) is 3.71. The summed E-state index contributed by atoms with van der Waals surface area (Å²) in [7, 11) is 0. The molecule has 0 bridgehead atoms. The predicted octanol–water partition coefficient (Wildman–Crippen LogP) is 4.86. The van der Waals surface area contributed by atoms with Crippen molar-refractivity contribution in [1.29, 1.82) is 0 Å². The first-order valence-electron chi connectivity index (χ1n) is 9.50. The lowest BCUT2D eigenvalue weighted by Gasteiger charge is -2.09. The first-order valence-corrected chi connectivity index (χ1v) is 9.50. The van der Waals surface area contributed by atoms with Gasteiger partial charge in [-0.3, -0.25) is 19.6 Å². The van der Waals surface area contributed by atoms with Crippen LogP contribution in [0.1, 0.15) is 27.3 Å². The number of hydrogen-bond acceptors (Lipinski definition) is 4. The van der Waals surface area contributed by atoms with Crippen molar-refractivity contribution in [3.05, 3.63) is 99.4 Å². The van der Waals surface area contributed by atoms with Crippen molar-refractivity contribution in [2.24, 2.45) is 0 Å². The standard InChI is InChI=1S/C23H20N4O3/c1-15-22(27(29)30)16(2)26(25-15)14-17-10-12-19(13-11-17)23(28)24-21-9-5-7-18-6-3-4-8-20(18)21/h3-13H,14H2,1-2H3,(H,24,28). The van der Waals surface area contributed by atoms with Crippen molar-refractivity contribution in [3.8, 4) is 0 Å². The van der Waals surface area contributed by atoms with E-state index in [2.05, 4.69) is 10.4 Å². The van der Waals surface area contributed by atoms with E-state index in [-0.39, 0.29) is 11.6 Å². The first kappa shape index (κ1) is 19.3. The van der Waals surface area contributed by atoms with Crippen LogP contribution in [0.2, 0.25) is 0 Å². The van der Waals surface area contributed by atoms with Gasteiger partial charge in [0.2, 0.25) is 0 Å². The topological polar surface area (TPSA) is 90.1 Å². The number of nitro groups is 1. The van der Waals surface area contributed by atoms with E-state index in [4.69, 9.17) is 0 Å². The van der Waals surface area contributed by atoms with Gasteiger partial charge in [-0.2, -0.15) is 5.10 Å². The van der Waals surface area contributed by atoms with Gasteiger partial charge in [-0.1, -0.05) is 48.5 Å². The molecule has 0 aliphatic rings. The molecule has 30 heavy (non-hydrogen) atoms. The Morgan fingerprint density at radius 3 is 2.43 bits per heavy atom. The zero-order chi connectivity index (χ0) is 21.3. The van der Waals surface area contributed by atoms with Crippen LogP contribution in [-0.4, -0.2) is 20.6 Å².